The maximum Gasteiger partial charge on any atom is 0.421 e. The van der Waals surface area contributed by atoms with Gasteiger partial charge in [-0.15, -0.1) is 4.31 Å². The van der Waals surface area contributed by atoms with Crippen LogP contribution in [-0.4, -0.2) is 30.5 Å². The smallest absolute Gasteiger partial charge is 0.330 e. The Kier molecular flexibility index (Phi) is 5.46. The molecule has 7 nitrogen and oxygen atoms in total. The molecule has 0 bridgehead atoms. The van der Waals surface area contributed by atoms with Crippen LogP contribution in [-0.2, 0) is 28.9 Å². The average Bonchev–Trinajstić information content (AvgIpc) is 2.64. The highest BCUT2D eigenvalue weighted by molar-refractivity contribution is 7.86. The van der Waals surface area contributed by atoms with E-state index in [4.69, 9.17) is 0 Å². The fourth-order valence-corrected chi connectivity index (χ4v) is 2.77. The van der Waals surface area contributed by atoms with Gasteiger partial charge in [0.15, 0.2) is 0 Å². The molecule has 1 aliphatic rings. The van der Waals surface area contributed by atoms with Gasteiger partial charge in [0.1, 0.15) is 0 Å². The molecule has 0 N–H and O–H groups in total. The molecule has 0 aromatic carbocycles. The van der Waals surface area contributed by atoms with Crippen LogP contribution in [0, 0.1) is 0 Å². The molecule has 0 aromatic heterocycles. The zero-order valence-corrected chi connectivity index (χ0v) is 11.6. The van der Waals surface area contributed by atoms with E-state index in [0.717, 1.165) is 19.3 Å². The zero-order chi connectivity index (χ0) is 14.5. The van der Waals surface area contributed by atoms with Gasteiger partial charge in [-0.1, -0.05) is 26.2 Å². The number of imide groups is 1. The quantitative estimate of drug-likeness (QED) is 0.510. The van der Waals surface area contributed by atoms with E-state index in [9.17, 15) is 22.8 Å². The average molecular weight is 291 g/mol. The minimum Gasteiger partial charge on any atom is -0.330 e. The summed E-state index contributed by atoms with van der Waals surface area (Å²) >= 11 is 0. The van der Waals surface area contributed by atoms with Crippen molar-refractivity contribution in [2.45, 2.75) is 51.9 Å². The van der Waals surface area contributed by atoms with E-state index in [2.05, 4.69) is 4.18 Å². The first-order valence-corrected chi connectivity index (χ1v) is 7.58. The van der Waals surface area contributed by atoms with E-state index < -0.39 is 28.1 Å². The van der Waals surface area contributed by atoms with Crippen LogP contribution in [0.15, 0.2) is 0 Å². The molecule has 0 unspecified atom stereocenters. The van der Waals surface area contributed by atoms with Crippen LogP contribution < -0.4 is 0 Å². The topological polar surface area (TPSA) is 97.8 Å². The molecule has 8 heteroatoms. The van der Waals surface area contributed by atoms with E-state index in [-0.39, 0.29) is 23.6 Å². The standard InChI is InChI=1S/C11H17NO6S/c1-2-3-4-5-6-11(15)18-19(16,17)12-9(13)7-8-10(12)14/h2-8H2,1H3. The predicted octanol–water partition coefficient (Wildman–Crippen LogP) is 0.894. The maximum absolute atomic E-state index is 11.6. The Balaban J connectivity index is 2.52. The second kappa shape index (κ2) is 6.65. The van der Waals surface area contributed by atoms with Crippen molar-refractivity contribution in [3.63, 3.8) is 0 Å². The van der Waals surface area contributed by atoms with Gasteiger partial charge in [0.05, 0.1) is 0 Å². The zero-order valence-electron chi connectivity index (χ0n) is 10.8. The predicted molar refractivity (Wildman–Crippen MR) is 64.9 cm³/mol. The largest absolute Gasteiger partial charge is 0.421 e. The first-order chi connectivity index (χ1) is 8.88. The molecule has 0 spiro atoms. The highest BCUT2D eigenvalue weighted by atomic mass is 32.2. The Hall–Kier alpha value is -1.44. The summed E-state index contributed by atoms with van der Waals surface area (Å²) in [6, 6.07) is 0. The molecule has 0 aromatic rings. The summed E-state index contributed by atoms with van der Waals surface area (Å²) < 4.78 is 27.5. The van der Waals surface area contributed by atoms with Crippen LogP contribution in [0.3, 0.4) is 0 Å². The number of rotatable bonds is 7. The van der Waals surface area contributed by atoms with Crippen molar-refractivity contribution < 1.29 is 27.0 Å². The Morgan fingerprint density at radius 3 is 2.26 bits per heavy atom. The van der Waals surface area contributed by atoms with Crippen LogP contribution >= 0.6 is 0 Å². The van der Waals surface area contributed by atoms with E-state index in [1.807, 2.05) is 6.92 Å². The highest BCUT2D eigenvalue weighted by Crippen LogP contribution is 2.18. The third kappa shape index (κ3) is 4.30. The number of carbonyl (C=O) groups is 3. The second-order valence-corrected chi connectivity index (χ2v) is 5.66. The molecule has 0 aliphatic carbocycles. The lowest BCUT2D eigenvalue weighted by atomic mass is 10.2. The van der Waals surface area contributed by atoms with Crippen molar-refractivity contribution in [3.8, 4) is 0 Å². The van der Waals surface area contributed by atoms with Gasteiger partial charge in [-0.05, 0) is 6.42 Å². The molecule has 108 valence electrons. The summed E-state index contributed by atoms with van der Waals surface area (Å²) in [7, 11) is -4.62. The van der Waals surface area contributed by atoms with Gasteiger partial charge in [0.2, 0.25) is 11.8 Å². The third-order valence-electron chi connectivity index (χ3n) is 2.66. The number of amides is 2. The number of carbonyl (C=O) groups excluding carboxylic acids is 3. The molecule has 1 saturated heterocycles. The molecular formula is C11H17NO6S. The van der Waals surface area contributed by atoms with Crippen molar-refractivity contribution in [1.29, 1.82) is 0 Å². The lowest BCUT2D eigenvalue weighted by molar-refractivity contribution is -0.135. The van der Waals surface area contributed by atoms with Crippen LogP contribution in [0.25, 0.3) is 0 Å². The van der Waals surface area contributed by atoms with Crippen molar-refractivity contribution in [1.82, 2.24) is 4.31 Å². The summed E-state index contributed by atoms with van der Waals surface area (Å²) in [6.07, 6.45) is 2.86. The van der Waals surface area contributed by atoms with Crippen molar-refractivity contribution in [2.75, 3.05) is 0 Å². The van der Waals surface area contributed by atoms with Crippen molar-refractivity contribution >= 4 is 28.1 Å². The number of hydrogen-bond acceptors (Lipinski definition) is 6. The number of hydrogen-bond donors (Lipinski definition) is 0. The molecule has 2 amide bonds. The SMILES string of the molecule is CCCCCCC(=O)OS(=O)(=O)N1C(=O)CCC1=O. The summed E-state index contributed by atoms with van der Waals surface area (Å²) in [5.41, 5.74) is 0. The monoisotopic (exact) mass is 291 g/mol. The van der Waals surface area contributed by atoms with E-state index in [1.165, 1.54) is 0 Å². The molecule has 1 rings (SSSR count). The van der Waals surface area contributed by atoms with Gasteiger partial charge in [-0.2, -0.15) is 8.42 Å². The van der Waals surface area contributed by atoms with Gasteiger partial charge in [-0.25, -0.2) is 0 Å². The van der Waals surface area contributed by atoms with Crippen molar-refractivity contribution in [3.05, 3.63) is 0 Å². The van der Waals surface area contributed by atoms with Crippen LogP contribution in [0.2, 0.25) is 0 Å². The molecule has 0 saturated carbocycles. The van der Waals surface area contributed by atoms with E-state index in [0.29, 0.717) is 6.42 Å². The van der Waals surface area contributed by atoms with Crippen LogP contribution in [0.5, 0.6) is 0 Å². The second-order valence-electron chi connectivity index (χ2n) is 4.28. The molecular weight excluding hydrogens is 274 g/mol. The Labute approximate surface area is 112 Å². The molecule has 0 atom stereocenters. The maximum atomic E-state index is 11.6. The van der Waals surface area contributed by atoms with Gasteiger partial charge in [-0.3, -0.25) is 14.4 Å². The Morgan fingerprint density at radius 1 is 1.16 bits per heavy atom. The van der Waals surface area contributed by atoms with Gasteiger partial charge < -0.3 is 4.18 Å². The molecule has 0 radical (unpaired) electrons. The third-order valence-corrected chi connectivity index (χ3v) is 3.91. The van der Waals surface area contributed by atoms with Gasteiger partial charge in [0, 0.05) is 19.3 Å². The first kappa shape index (κ1) is 15.6. The van der Waals surface area contributed by atoms with Gasteiger partial charge in [0.25, 0.3) is 0 Å². The van der Waals surface area contributed by atoms with Gasteiger partial charge >= 0.3 is 16.3 Å². The fraction of sp³-hybridized carbons (Fsp3) is 0.727. The van der Waals surface area contributed by atoms with Crippen LogP contribution in [0.4, 0.5) is 0 Å². The van der Waals surface area contributed by atoms with E-state index in [1.54, 1.807) is 0 Å². The summed E-state index contributed by atoms with van der Waals surface area (Å²) in [5, 5.41) is 0. The fourth-order valence-electron chi connectivity index (χ4n) is 1.70. The summed E-state index contributed by atoms with van der Waals surface area (Å²) in [5.74, 6) is -2.66. The molecule has 19 heavy (non-hydrogen) atoms. The van der Waals surface area contributed by atoms with Crippen LogP contribution in [0.1, 0.15) is 51.9 Å². The molecule has 1 heterocycles. The lowest BCUT2D eigenvalue weighted by Crippen LogP contribution is -2.37. The van der Waals surface area contributed by atoms with Crippen molar-refractivity contribution in [2.24, 2.45) is 0 Å². The normalized spacial score (nSPS) is 15.9. The first-order valence-electron chi connectivity index (χ1n) is 6.21. The minimum absolute atomic E-state index is 0.0386. The Morgan fingerprint density at radius 2 is 1.74 bits per heavy atom. The number of nitrogens with zero attached hydrogens (tertiary/aromatic N) is 1. The number of unbranched alkanes of at least 4 members (excludes halogenated alkanes) is 3. The lowest BCUT2D eigenvalue weighted by Gasteiger charge is -2.13. The van der Waals surface area contributed by atoms with E-state index >= 15 is 0 Å². The Bertz CT molecular complexity index is 454. The molecule has 1 fully saturated rings. The molecule has 1 aliphatic heterocycles. The summed E-state index contributed by atoms with van der Waals surface area (Å²) in [6.45, 7) is 2.01. The summed E-state index contributed by atoms with van der Waals surface area (Å²) in [4.78, 5) is 33.8. The highest BCUT2D eigenvalue weighted by Gasteiger charge is 2.41. The minimum atomic E-state index is -4.62.